The van der Waals surface area contributed by atoms with Gasteiger partial charge in [-0.2, -0.15) is 0 Å². The fourth-order valence-corrected chi connectivity index (χ4v) is 2.89. The summed E-state index contributed by atoms with van der Waals surface area (Å²) < 4.78 is 5.56. The molecule has 2 atom stereocenters. The molecule has 1 aliphatic carbocycles. The zero-order valence-corrected chi connectivity index (χ0v) is 12.2. The Hall–Kier alpha value is -2.42. The highest BCUT2D eigenvalue weighted by atomic mass is 16.5. The number of carbonyl (C=O) groups is 1. The van der Waals surface area contributed by atoms with Crippen LogP contribution in [-0.2, 0) is 27.2 Å². The number of hydrogen-bond acceptors (Lipinski definition) is 3. The second-order valence-corrected chi connectivity index (χ2v) is 5.52. The lowest BCUT2D eigenvalue weighted by Gasteiger charge is -2.16. The number of ether oxygens (including phenoxy) is 1. The Morgan fingerprint density at radius 1 is 1.14 bits per heavy atom. The third-order valence-electron chi connectivity index (χ3n) is 4.05. The lowest BCUT2D eigenvalue weighted by Crippen LogP contribution is -2.22. The summed E-state index contributed by atoms with van der Waals surface area (Å²) in [5.41, 5.74) is 3.20. The van der Waals surface area contributed by atoms with Gasteiger partial charge in [-0.3, -0.25) is 9.59 Å². The number of fused-ring (bicyclic) bond motifs is 1. The maximum atomic E-state index is 12.3. The van der Waals surface area contributed by atoms with Gasteiger partial charge >= 0.3 is 5.97 Å². The maximum Gasteiger partial charge on any atom is 0.317 e. The normalized spacial score (nSPS) is 17.5. The molecular formula is C19H17O3. The Morgan fingerprint density at radius 2 is 1.86 bits per heavy atom. The molecule has 0 spiro atoms. The minimum Gasteiger partial charge on any atom is -0.457 e. The minimum atomic E-state index is -0.866. The summed E-state index contributed by atoms with van der Waals surface area (Å²) in [6.07, 6.45) is 3.60. The molecule has 0 aromatic heterocycles. The summed E-state index contributed by atoms with van der Waals surface area (Å²) >= 11 is 0. The van der Waals surface area contributed by atoms with E-state index in [-0.39, 0.29) is 6.10 Å². The summed E-state index contributed by atoms with van der Waals surface area (Å²) in [4.78, 5) is 23.4. The molecule has 1 aliphatic rings. The first-order valence-corrected chi connectivity index (χ1v) is 7.48. The monoisotopic (exact) mass is 293 g/mol. The van der Waals surface area contributed by atoms with Crippen molar-refractivity contribution >= 4 is 12.3 Å². The molecule has 111 valence electrons. The quantitative estimate of drug-likeness (QED) is 0.628. The molecule has 1 radical (unpaired) electrons. The number of rotatable bonds is 5. The van der Waals surface area contributed by atoms with E-state index in [1.807, 2.05) is 54.8 Å². The second kappa shape index (κ2) is 6.56. The summed E-state index contributed by atoms with van der Waals surface area (Å²) in [6, 6.07) is 17.4. The van der Waals surface area contributed by atoms with E-state index < -0.39 is 11.9 Å². The standard InChI is InChI=1S/C19H17O3/c20-13-16(12-14-6-2-1-3-7-14)19(21)22-18-11-10-15-8-4-5-9-17(15)18/h1-9,16,18H,10-12H2. The highest BCUT2D eigenvalue weighted by Gasteiger charge is 2.29. The lowest BCUT2D eigenvalue weighted by atomic mass is 10.0. The highest BCUT2D eigenvalue weighted by Crippen LogP contribution is 2.34. The molecule has 22 heavy (non-hydrogen) atoms. The van der Waals surface area contributed by atoms with Gasteiger partial charge in [0, 0.05) is 0 Å². The van der Waals surface area contributed by atoms with Crippen LogP contribution in [0.25, 0.3) is 0 Å². The van der Waals surface area contributed by atoms with Crippen LogP contribution in [-0.4, -0.2) is 12.3 Å². The predicted molar refractivity (Wildman–Crippen MR) is 82.9 cm³/mol. The van der Waals surface area contributed by atoms with E-state index in [2.05, 4.69) is 6.07 Å². The van der Waals surface area contributed by atoms with Crippen molar-refractivity contribution in [1.29, 1.82) is 0 Å². The van der Waals surface area contributed by atoms with Gasteiger partial charge in [0.2, 0.25) is 6.29 Å². The van der Waals surface area contributed by atoms with Gasteiger partial charge in [-0.15, -0.1) is 0 Å². The topological polar surface area (TPSA) is 43.4 Å². The number of hydrogen-bond donors (Lipinski definition) is 0. The fraction of sp³-hybridized carbons (Fsp3) is 0.263. The molecule has 3 rings (SSSR count). The van der Waals surface area contributed by atoms with Crippen LogP contribution in [0.1, 0.15) is 29.2 Å². The molecule has 0 fully saturated rings. The van der Waals surface area contributed by atoms with Crippen molar-refractivity contribution in [2.75, 3.05) is 0 Å². The van der Waals surface area contributed by atoms with Crippen LogP contribution in [0.2, 0.25) is 0 Å². The van der Waals surface area contributed by atoms with Gasteiger partial charge in [0.25, 0.3) is 0 Å². The van der Waals surface area contributed by atoms with Crippen LogP contribution in [0.15, 0.2) is 54.6 Å². The molecule has 3 heteroatoms. The van der Waals surface area contributed by atoms with E-state index in [0.29, 0.717) is 6.42 Å². The van der Waals surface area contributed by atoms with Gasteiger partial charge < -0.3 is 4.74 Å². The van der Waals surface area contributed by atoms with Crippen molar-refractivity contribution in [1.82, 2.24) is 0 Å². The average molecular weight is 293 g/mol. The lowest BCUT2D eigenvalue weighted by molar-refractivity contribution is -0.151. The smallest absolute Gasteiger partial charge is 0.317 e. The highest BCUT2D eigenvalue weighted by molar-refractivity contribution is 5.88. The Kier molecular flexibility index (Phi) is 4.33. The number of benzene rings is 2. The van der Waals surface area contributed by atoms with Crippen LogP contribution in [0, 0.1) is 5.92 Å². The molecule has 2 unspecified atom stereocenters. The molecule has 2 aromatic rings. The molecule has 3 nitrogen and oxygen atoms in total. The van der Waals surface area contributed by atoms with Crippen molar-refractivity contribution in [3.63, 3.8) is 0 Å². The summed E-state index contributed by atoms with van der Waals surface area (Å²) in [6.45, 7) is 0. The van der Waals surface area contributed by atoms with E-state index >= 15 is 0 Å². The molecule has 0 saturated heterocycles. The molecule has 0 N–H and O–H groups in total. The Labute approximate surface area is 129 Å². The Balaban J connectivity index is 1.67. The summed E-state index contributed by atoms with van der Waals surface area (Å²) in [7, 11) is 0. The summed E-state index contributed by atoms with van der Waals surface area (Å²) in [5.74, 6) is -1.35. The van der Waals surface area contributed by atoms with E-state index in [0.717, 1.165) is 24.0 Å². The fourth-order valence-electron chi connectivity index (χ4n) is 2.89. The van der Waals surface area contributed by atoms with Gasteiger partial charge in [0.05, 0.1) is 0 Å². The van der Waals surface area contributed by atoms with Crippen LogP contribution >= 0.6 is 0 Å². The Bertz CT molecular complexity index is 663. The van der Waals surface area contributed by atoms with Crippen LogP contribution in [0.4, 0.5) is 0 Å². The second-order valence-electron chi connectivity index (χ2n) is 5.52. The third-order valence-corrected chi connectivity index (χ3v) is 4.05. The van der Waals surface area contributed by atoms with Gasteiger partial charge in [0.15, 0.2) is 0 Å². The third kappa shape index (κ3) is 3.08. The molecule has 2 aromatic carbocycles. The van der Waals surface area contributed by atoms with Gasteiger partial charge in [-0.1, -0.05) is 54.6 Å². The minimum absolute atomic E-state index is 0.240. The zero-order chi connectivity index (χ0) is 15.4. The first-order valence-electron chi connectivity index (χ1n) is 7.48. The van der Waals surface area contributed by atoms with Crippen molar-refractivity contribution in [3.8, 4) is 0 Å². The summed E-state index contributed by atoms with van der Waals surface area (Å²) in [5, 5.41) is 0. The van der Waals surface area contributed by atoms with Crippen molar-refractivity contribution < 1.29 is 14.3 Å². The molecule has 0 bridgehead atoms. The molecular weight excluding hydrogens is 276 g/mol. The van der Waals surface area contributed by atoms with E-state index in [1.165, 1.54) is 5.56 Å². The van der Waals surface area contributed by atoms with Crippen LogP contribution in [0.3, 0.4) is 0 Å². The molecule has 0 saturated carbocycles. The van der Waals surface area contributed by atoms with Gasteiger partial charge in [-0.25, -0.2) is 0 Å². The van der Waals surface area contributed by atoms with Gasteiger partial charge in [0.1, 0.15) is 12.0 Å². The molecule has 0 aliphatic heterocycles. The van der Waals surface area contributed by atoms with Crippen LogP contribution in [0.5, 0.6) is 0 Å². The van der Waals surface area contributed by atoms with Gasteiger partial charge in [-0.05, 0) is 36.0 Å². The van der Waals surface area contributed by atoms with Crippen LogP contribution < -0.4 is 0 Å². The van der Waals surface area contributed by atoms with Crippen molar-refractivity contribution in [2.45, 2.75) is 25.4 Å². The largest absolute Gasteiger partial charge is 0.457 e. The zero-order valence-electron chi connectivity index (χ0n) is 12.2. The molecule has 0 amide bonds. The Morgan fingerprint density at radius 3 is 2.64 bits per heavy atom. The first-order chi connectivity index (χ1) is 10.8. The van der Waals surface area contributed by atoms with Crippen molar-refractivity contribution in [3.05, 3.63) is 71.3 Å². The number of aryl methyl sites for hydroxylation is 1. The van der Waals surface area contributed by atoms with E-state index in [9.17, 15) is 9.59 Å². The van der Waals surface area contributed by atoms with E-state index in [4.69, 9.17) is 4.74 Å². The number of esters is 1. The van der Waals surface area contributed by atoms with Crippen molar-refractivity contribution in [2.24, 2.45) is 5.92 Å². The first kappa shape index (κ1) is 14.5. The maximum absolute atomic E-state index is 12.3. The molecule has 0 heterocycles. The predicted octanol–water partition coefficient (Wildman–Crippen LogP) is 3.19. The van der Waals surface area contributed by atoms with E-state index in [1.54, 1.807) is 0 Å². The SMILES string of the molecule is O=[C]C(Cc1ccccc1)C(=O)OC1CCc2ccccc21. The average Bonchev–Trinajstić information content (AvgIpc) is 2.97. The number of carbonyl (C=O) groups excluding carboxylic acids is 2.